The first-order valence-corrected chi connectivity index (χ1v) is 9.97. The van der Waals surface area contributed by atoms with Gasteiger partial charge in [-0.15, -0.1) is 8.42 Å². The van der Waals surface area contributed by atoms with Gasteiger partial charge in [-0.2, -0.15) is 8.42 Å². The molecule has 0 saturated heterocycles. The first-order chi connectivity index (χ1) is 11.5. The van der Waals surface area contributed by atoms with Crippen molar-refractivity contribution in [2.45, 2.75) is 5.75 Å². The third kappa shape index (κ3) is 7.84. The van der Waals surface area contributed by atoms with E-state index in [1.165, 1.54) is 31.3 Å². The summed E-state index contributed by atoms with van der Waals surface area (Å²) in [6, 6.07) is 10.8. The minimum atomic E-state index is -4.06. The monoisotopic (exact) mass is 425 g/mol. The molecule has 136 valence electrons. The maximum Gasteiger partial charge on any atom is 0.464 e. The van der Waals surface area contributed by atoms with Gasteiger partial charge in [0, 0.05) is 17.2 Å². The van der Waals surface area contributed by atoms with Gasteiger partial charge in [0.15, 0.2) is 7.05 Å². The normalized spacial score (nSPS) is 10.6. The molecule has 0 spiro atoms. The number of halogens is 2. The van der Waals surface area contributed by atoms with Crippen molar-refractivity contribution in [3.63, 3.8) is 0 Å². The van der Waals surface area contributed by atoms with Crippen LogP contribution in [-0.2, 0) is 26.4 Å². The molecule has 0 bridgehead atoms. The van der Waals surface area contributed by atoms with Crippen LogP contribution in [0.3, 0.4) is 0 Å². The summed E-state index contributed by atoms with van der Waals surface area (Å²) in [4.78, 5) is 0. The van der Waals surface area contributed by atoms with Gasteiger partial charge < -0.3 is 5.73 Å². The second kappa shape index (κ2) is 9.16. The molecule has 0 heterocycles. The van der Waals surface area contributed by atoms with Crippen molar-refractivity contribution in [2.24, 2.45) is 0 Å². The van der Waals surface area contributed by atoms with Crippen LogP contribution in [0.2, 0.25) is 10.0 Å². The zero-order valence-electron chi connectivity index (χ0n) is 12.9. The molecule has 0 amide bonds. The minimum absolute atomic E-state index is 0.385. The van der Waals surface area contributed by atoms with Crippen LogP contribution in [0.1, 0.15) is 5.56 Å². The van der Waals surface area contributed by atoms with Crippen LogP contribution in [0.15, 0.2) is 42.5 Å². The van der Waals surface area contributed by atoms with Gasteiger partial charge in [-0.3, -0.25) is 4.55 Å². The standard InChI is InChI=1S/C8H9NO5S2.C6H5Cl2N/c1-9(15(10)11)8-4-2-7(3-5-8)6-16(12,13)14;7-4-1-2-5(8)6(9)3-4/h2-5H,6H2,1H3;1-3H,9H2/p+1. The van der Waals surface area contributed by atoms with Gasteiger partial charge in [0.2, 0.25) is 5.69 Å². The molecule has 7 nitrogen and oxygen atoms in total. The van der Waals surface area contributed by atoms with Crippen molar-refractivity contribution in [1.82, 2.24) is 0 Å². The van der Waals surface area contributed by atoms with Crippen LogP contribution in [0.4, 0.5) is 11.4 Å². The van der Waals surface area contributed by atoms with E-state index in [1.807, 2.05) is 0 Å². The molecule has 0 aromatic heterocycles. The predicted molar refractivity (Wildman–Crippen MR) is 97.3 cm³/mol. The van der Waals surface area contributed by atoms with Crippen molar-refractivity contribution in [1.29, 1.82) is 0 Å². The second-order valence-electron chi connectivity index (χ2n) is 4.77. The van der Waals surface area contributed by atoms with Crippen LogP contribution >= 0.6 is 23.2 Å². The molecule has 11 heteroatoms. The van der Waals surface area contributed by atoms with Gasteiger partial charge in [0.05, 0.1) is 10.7 Å². The van der Waals surface area contributed by atoms with Gasteiger partial charge in [0.25, 0.3) is 10.1 Å². The Morgan fingerprint density at radius 1 is 1.12 bits per heavy atom. The van der Waals surface area contributed by atoms with Gasteiger partial charge in [-0.05, 0) is 23.8 Å². The second-order valence-corrected chi connectivity index (χ2v) is 8.05. The molecule has 0 radical (unpaired) electrons. The number of hydrogen-bond donors (Lipinski definition) is 2. The van der Waals surface area contributed by atoms with E-state index >= 15 is 0 Å². The Labute approximate surface area is 157 Å². The summed E-state index contributed by atoms with van der Waals surface area (Å²) in [5.74, 6) is -0.489. The number of nitrogen functional groups attached to an aromatic ring is 1. The highest BCUT2D eigenvalue weighted by Crippen LogP contribution is 2.21. The van der Waals surface area contributed by atoms with E-state index in [0.29, 0.717) is 27.0 Å². The maximum atomic E-state index is 10.6. The Morgan fingerprint density at radius 2 is 1.68 bits per heavy atom. The summed E-state index contributed by atoms with van der Waals surface area (Å²) in [5.41, 5.74) is 6.72. The largest absolute Gasteiger partial charge is 0.464 e. The van der Waals surface area contributed by atoms with Gasteiger partial charge >= 0.3 is 10.5 Å². The first kappa shape index (κ1) is 21.4. The van der Waals surface area contributed by atoms with Crippen molar-refractivity contribution in [3.05, 3.63) is 58.1 Å². The molecule has 2 aromatic rings. The lowest BCUT2D eigenvalue weighted by molar-refractivity contribution is -0.377. The van der Waals surface area contributed by atoms with Crippen molar-refractivity contribution in [2.75, 3.05) is 12.8 Å². The molecule has 0 fully saturated rings. The SMILES string of the molecule is C[N+](c1ccc(CS(=O)(=O)O)cc1)=S(=O)=O.Nc1cc(Cl)ccc1Cl. The molecule has 0 aliphatic heterocycles. The van der Waals surface area contributed by atoms with Crippen LogP contribution in [0.5, 0.6) is 0 Å². The molecule has 3 N–H and O–H groups in total. The Bertz CT molecular complexity index is 980. The Hall–Kier alpha value is -1.65. The smallest absolute Gasteiger partial charge is 0.397 e. The highest BCUT2D eigenvalue weighted by atomic mass is 35.5. The summed E-state index contributed by atoms with van der Waals surface area (Å²) in [5, 5.41) is 1.15. The summed E-state index contributed by atoms with van der Waals surface area (Å²) < 4.78 is 52.0. The van der Waals surface area contributed by atoms with Gasteiger partial charge in [0.1, 0.15) is 5.75 Å². The quantitative estimate of drug-likeness (QED) is 0.443. The van der Waals surface area contributed by atoms with E-state index in [1.54, 1.807) is 18.2 Å². The fraction of sp³-hybridized carbons (Fsp3) is 0.143. The van der Waals surface area contributed by atoms with Crippen LogP contribution < -0.4 is 5.73 Å². The van der Waals surface area contributed by atoms with Crippen molar-refractivity contribution in [3.8, 4) is 0 Å². The first-order valence-electron chi connectivity index (χ1n) is 6.57. The van der Waals surface area contributed by atoms with Gasteiger partial charge in [-0.25, -0.2) is 0 Å². The van der Waals surface area contributed by atoms with E-state index < -0.39 is 26.4 Å². The third-order valence-corrected chi connectivity index (χ3v) is 4.77. The van der Waals surface area contributed by atoms with Gasteiger partial charge in [-0.1, -0.05) is 39.3 Å². The molecule has 25 heavy (non-hydrogen) atoms. The fourth-order valence-corrected chi connectivity index (χ4v) is 2.82. The third-order valence-electron chi connectivity index (χ3n) is 2.83. The highest BCUT2D eigenvalue weighted by Gasteiger charge is 2.09. The Kier molecular flexibility index (Phi) is 7.84. The lowest BCUT2D eigenvalue weighted by Gasteiger charge is -1.97. The molecular weight excluding hydrogens is 411 g/mol. The maximum absolute atomic E-state index is 10.6. The topological polar surface area (TPSA) is 118 Å². The number of hydrogen-bond acceptors (Lipinski definition) is 5. The van der Waals surface area contributed by atoms with E-state index in [2.05, 4.69) is 0 Å². The van der Waals surface area contributed by atoms with E-state index in [-0.39, 0.29) is 0 Å². The summed E-state index contributed by atoms with van der Waals surface area (Å²) in [7, 11) is -5.07. The zero-order valence-corrected chi connectivity index (χ0v) is 16.1. The summed E-state index contributed by atoms with van der Waals surface area (Å²) >= 11 is 11.2. The number of nitrogens with zero attached hydrogens (tertiary/aromatic N) is 1. The zero-order chi connectivity index (χ0) is 19.2. The highest BCUT2D eigenvalue weighted by molar-refractivity contribution is 7.85. The number of anilines is 1. The molecule has 0 aliphatic rings. The minimum Gasteiger partial charge on any atom is -0.397 e. The molecule has 0 atom stereocenters. The number of benzene rings is 2. The lowest BCUT2D eigenvalue weighted by Crippen LogP contribution is -2.02. The van der Waals surface area contributed by atoms with E-state index in [4.69, 9.17) is 33.5 Å². The fourth-order valence-electron chi connectivity index (χ4n) is 1.61. The summed E-state index contributed by atoms with van der Waals surface area (Å²) in [6.07, 6.45) is 0. The molecule has 2 aromatic carbocycles. The van der Waals surface area contributed by atoms with E-state index in [9.17, 15) is 16.8 Å². The van der Waals surface area contributed by atoms with Crippen LogP contribution in [0, 0.1) is 0 Å². The molecule has 0 saturated carbocycles. The predicted octanol–water partition coefficient (Wildman–Crippen LogP) is 2.99. The van der Waals surface area contributed by atoms with E-state index in [0.717, 1.165) is 3.95 Å². The molecular formula is C14H15Cl2N2O5S2+. The molecule has 0 aliphatic carbocycles. The number of rotatable bonds is 3. The van der Waals surface area contributed by atoms with Crippen molar-refractivity contribution >= 4 is 55.2 Å². The lowest BCUT2D eigenvalue weighted by atomic mass is 10.2. The van der Waals surface area contributed by atoms with Crippen molar-refractivity contribution < 1.29 is 25.3 Å². The Balaban J connectivity index is 0.000000293. The van der Waals surface area contributed by atoms with Crippen LogP contribution in [0.25, 0.3) is 0 Å². The summed E-state index contributed by atoms with van der Waals surface area (Å²) in [6.45, 7) is 0. The average Bonchev–Trinajstić information content (AvgIpc) is 2.50. The average molecular weight is 426 g/mol. The molecule has 2 rings (SSSR count). The Morgan fingerprint density at radius 3 is 2.08 bits per heavy atom. The molecule has 0 unspecified atom stereocenters. The number of nitrogens with two attached hydrogens (primary N) is 1. The van der Waals surface area contributed by atoms with Crippen LogP contribution in [-0.4, -0.2) is 32.4 Å².